The van der Waals surface area contributed by atoms with Crippen LogP contribution >= 0.6 is 0 Å². The van der Waals surface area contributed by atoms with E-state index in [-0.39, 0.29) is 0 Å². The van der Waals surface area contributed by atoms with Crippen molar-refractivity contribution in [2.24, 2.45) is 0 Å². The highest BCUT2D eigenvalue weighted by atomic mass is 14.9. The summed E-state index contributed by atoms with van der Waals surface area (Å²) in [4.78, 5) is 0. The molecule has 1 nitrogen and oxygen atoms in total. The van der Waals surface area contributed by atoms with Gasteiger partial charge in [-0.15, -0.1) is 0 Å². The Hall–Kier alpha value is -2.80. The third-order valence-electron chi connectivity index (χ3n) is 5.27. The smallest absolute Gasteiger partial charge is 0.0413 e. The van der Waals surface area contributed by atoms with E-state index in [1.54, 1.807) is 0 Å². The molecule has 1 aliphatic carbocycles. The van der Waals surface area contributed by atoms with Gasteiger partial charge in [0.25, 0.3) is 0 Å². The van der Waals surface area contributed by atoms with Crippen LogP contribution in [0.15, 0.2) is 84.0 Å². The number of fused-ring (bicyclic) bond motifs is 1. The van der Waals surface area contributed by atoms with Gasteiger partial charge in [0.2, 0.25) is 0 Å². The molecule has 0 unspecified atom stereocenters. The molecule has 25 heavy (non-hydrogen) atoms. The van der Waals surface area contributed by atoms with Crippen LogP contribution in [-0.2, 0) is 6.54 Å². The van der Waals surface area contributed by atoms with Gasteiger partial charge in [-0.3, -0.25) is 0 Å². The molecule has 0 amide bonds. The number of allylic oxidation sites excluding steroid dienone is 4. The monoisotopic (exact) mass is 325 g/mol. The zero-order valence-corrected chi connectivity index (χ0v) is 14.8. The van der Waals surface area contributed by atoms with Crippen molar-refractivity contribution < 1.29 is 0 Å². The molecule has 0 atom stereocenters. The van der Waals surface area contributed by atoms with Gasteiger partial charge in [0.05, 0.1) is 0 Å². The second-order valence-corrected chi connectivity index (χ2v) is 6.73. The third-order valence-corrected chi connectivity index (χ3v) is 5.27. The fourth-order valence-electron chi connectivity index (χ4n) is 3.67. The molecule has 0 heterocycles. The largest absolute Gasteiger partial charge is 0.381 e. The normalized spacial score (nSPS) is 14.1. The minimum absolute atomic E-state index is 0.830. The Balaban J connectivity index is 1.80. The first kappa shape index (κ1) is 15.7. The van der Waals surface area contributed by atoms with Crippen molar-refractivity contribution in [3.8, 4) is 0 Å². The first-order valence-electron chi connectivity index (χ1n) is 8.91. The summed E-state index contributed by atoms with van der Waals surface area (Å²) in [5.74, 6) is 0. The van der Waals surface area contributed by atoms with E-state index in [0.717, 1.165) is 18.7 Å². The van der Waals surface area contributed by atoms with Crippen molar-refractivity contribution in [3.63, 3.8) is 0 Å². The second kappa shape index (κ2) is 6.60. The predicted octanol–water partition coefficient (Wildman–Crippen LogP) is 6.58. The average molecular weight is 325 g/mol. The maximum absolute atomic E-state index is 3.60. The van der Waals surface area contributed by atoms with Crippen LogP contribution in [0.4, 0.5) is 5.69 Å². The van der Waals surface area contributed by atoms with Gasteiger partial charge >= 0.3 is 0 Å². The van der Waals surface area contributed by atoms with Crippen LogP contribution in [0.2, 0.25) is 0 Å². The Kier molecular flexibility index (Phi) is 4.15. The summed E-state index contributed by atoms with van der Waals surface area (Å²) in [6.07, 6.45) is 3.38. The van der Waals surface area contributed by atoms with E-state index in [1.807, 2.05) is 0 Å². The number of para-hydroxylation sites is 1. The Labute approximate surface area is 149 Å². The fourth-order valence-corrected chi connectivity index (χ4v) is 3.67. The van der Waals surface area contributed by atoms with Gasteiger partial charge in [0.1, 0.15) is 0 Å². The quantitative estimate of drug-likeness (QED) is 0.571. The highest BCUT2D eigenvalue weighted by molar-refractivity contribution is 5.92. The SMILES string of the molecule is CC1=CCC(c2ccc3ccccc3c2CNc2ccccc2)=C1C. The van der Waals surface area contributed by atoms with Crippen molar-refractivity contribution in [2.75, 3.05) is 5.32 Å². The van der Waals surface area contributed by atoms with Crippen molar-refractivity contribution >= 4 is 22.0 Å². The van der Waals surface area contributed by atoms with E-state index in [9.17, 15) is 0 Å². The molecule has 0 bridgehead atoms. The highest BCUT2D eigenvalue weighted by Gasteiger charge is 2.17. The lowest BCUT2D eigenvalue weighted by Crippen LogP contribution is -2.04. The molecule has 0 aliphatic heterocycles. The van der Waals surface area contributed by atoms with E-state index in [4.69, 9.17) is 0 Å². The number of hydrogen-bond donors (Lipinski definition) is 1. The van der Waals surface area contributed by atoms with E-state index >= 15 is 0 Å². The summed E-state index contributed by atoms with van der Waals surface area (Å²) >= 11 is 0. The topological polar surface area (TPSA) is 12.0 Å². The van der Waals surface area contributed by atoms with Gasteiger partial charge in [0.15, 0.2) is 0 Å². The van der Waals surface area contributed by atoms with Crippen LogP contribution in [0.1, 0.15) is 31.4 Å². The molecular weight excluding hydrogens is 302 g/mol. The first-order valence-corrected chi connectivity index (χ1v) is 8.91. The molecule has 3 aromatic rings. The van der Waals surface area contributed by atoms with E-state index in [2.05, 4.69) is 92.0 Å². The van der Waals surface area contributed by atoms with E-state index < -0.39 is 0 Å². The number of anilines is 1. The minimum atomic E-state index is 0.830. The maximum atomic E-state index is 3.60. The van der Waals surface area contributed by atoms with Crippen LogP contribution in [0.25, 0.3) is 16.3 Å². The van der Waals surface area contributed by atoms with Crippen LogP contribution < -0.4 is 5.32 Å². The maximum Gasteiger partial charge on any atom is 0.0413 e. The molecule has 124 valence electrons. The molecule has 0 aromatic heterocycles. The summed E-state index contributed by atoms with van der Waals surface area (Å²) in [5, 5.41) is 6.25. The molecule has 0 spiro atoms. The Morgan fingerprint density at radius 2 is 1.60 bits per heavy atom. The predicted molar refractivity (Wildman–Crippen MR) is 109 cm³/mol. The van der Waals surface area contributed by atoms with E-state index in [0.29, 0.717) is 0 Å². The summed E-state index contributed by atoms with van der Waals surface area (Å²) in [6.45, 7) is 5.29. The van der Waals surface area contributed by atoms with Gasteiger partial charge in [-0.1, -0.05) is 66.2 Å². The molecule has 3 aromatic carbocycles. The molecule has 1 N–H and O–H groups in total. The van der Waals surface area contributed by atoms with Gasteiger partial charge in [-0.2, -0.15) is 0 Å². The summed E-state index contributed by atoms with van der Waals surface area (Å²) in [5.41, 5.74) is 8.23. The average Bonchev–Trinajstić information content (AvgIpc) is 2.99. The molecule has 4 rings (SSSR count). The molecule has 0 saturated heterocycles. The fraction of sp³-hybridized carbons (Fsp3) is 0.167. The Bertz CT molecular complexity index is 977. The summed E-state index contributed by atoms with van der Waals surface area (Å²) in [7, 11) is 0. The summed E-state index contributed by atoms with van der Waals surface area (Å²) in [6, 6.07) is 23.7. The number of benzene rings is 3. The number of hydrogen-bond acceptors (Lipinski definition) is 1. The van der Waals surface area contributed by atoms with E-state index in [1.165, 1.54) is 38.6 Å². The van der Waals surface area contributed by atoms with Crippen LogP contribution in [0, 0.1) is 0 Å². The van der Waals surface area contributed by atoms with Gasteiger partial charge in [-0.05, 0) is 65.4 Å². The lowest BCUT2D eigenvalue weighted by atomic mass is 9.91. The molecule has 1 aliphatic rings. The van der Waals surface area contributed by atoms with Crippen molar-refractivity contribution in [1.82, 2.24) is 0 Å². The lowest BCUT2D eigenvalue weighted by Gasteiger charge is -2.17. The Morgan fingerprint density at radius 3 is 2.36 bits per heavy atom. The minimum Gasteiger partial charge on any atom is -0.381 e. The standard InChI is InChI=1S/C24H23N/c1-17-12-14-21(18(17)2)23-15-13-19-8-6-7-11-22(19)24(23)16-25-20-9-4-3-5-10-20/h3-13,15,25H,14,16H2,1-2H3. The van der Waals surface area contributed by atoms with Crippen LogP contribution in [0.5, 0.6) is 0 Å². The Morgan fingerprint density at radius 1 is 0.840 bits per heavy atom. The number of nitrogens with one attached hydrogen (secondary N) is 1. The van der Waals surface area contributed by atoms with Crippen molar-refractivity contribution in [1.29, 1.82) is 0 Å². The molecule has 0 radical (unpaired) electrons. The highest BCUT2D eigenvalue weighted by Crippen LogP contribution is 2.37. The van der Waals surface area contributed by atoms with Crippen LogP contribution in [-0.4, -0.2) is 0 Å². The zero-order valence-electron chi connectivity index (χ0n) is 14.8. The molecular formula is C24H23N. The summed E-state index contributed by atoms with van der Waals surface area (Å²) < 4.78 is 0. The van der Waals surface area contributed by atoms with Gasteiger partial charge in [0, 0.05) is 12.2 Å². The molecule has 0 fully saturated rings. The number of rotatable bonds is 4. The van der Waals surface area contributed by atoms with Crippen molar-refractivity contribution in [2.45, 2.75) is 26.8 Å². The molecule has 0 saturated carbocycles. The van der Waals surface area contributed by atoms with Gasteiger partial charge in [-0.25, -0.2) is 0 Å². The second-order valence-electron chi connectivity index (χ2n) is 6.73. The van der Waals surface area contributed by atoms with Crippen molar-refractivity contribution in [3.05, 3.63) is 95.1 Å². The third kappa shape index (κ3) is 2.98. The van der Waals surface area contributed by atoms with Crippen LogP contribution in [0.3, 0.4) is 0 Å². The zero-order chi connectivity index (χ0) is 17.2. The molecule has 1 heteroatoms. The van der Waals surface area contributed by atoms with Gasteiger partial charge < -0.3 is 5.32 Å². The first-order chi connectivity index (χ1) is 12.2. The lowest BCUT2D eigenvalue weighted by molar-refractivity contribution is 1.15.